The fourth-order valence-electron chi connectivity index (χ4n) is 7.30. The van der Waals surface area contributed by atoms with Gasteiger partial charge in [0, 0.05) is 11.3 Å². The molecule has 4 aliphatic carbocycles. The first-order valence-corrected chi connectivity index (χ1v) is 11.5. The fraction of sp³-hybridized carbons (Fsp3) is 0.826. The van der Waals surface area contributed by atoms with Gasteiger partial charge in [-0.25, -0.2) is 0 Å². The van der Waals surface area contributed by atoms with E-state index in [1.807, 2.05) is 0 Å². The van der Waals surface area contributed by atoms with Crippen molar-refractivity contribution in [2.45, 2.75) is 109 Å². The lowest BCUT2D eigenvalue weighted by Gasteiger charge is -2.30. The van der Waals surface area contributed by atoms with Gasteiger partial charge in [-0.05, 0) is 75.5 Å². The second kappa shape index (κ2) is 5.39. The predicted octanol–water partition coefficient (Wildman–Crippen LogP) is 4.67. The van der Waals surface area contributed by atoms with Gasteiger partial charge in [0.15, 0.2) is 5.69 Å². The number of aromatic nitrogens is 2. The van der Waals surface area contributed by atoms with Crippen molar-refractivity contribution >= 4 is 5.91 Å². The molecular formula is C23H33N3O. The third kappa shape index (κ3) is 2.05. The summed E-state index contributed by atoms with van der Waals surface area (Å²) in [6.07, 6.45) is 14.8. The van der Waals surface area contributed by atoms with Crippen LogP contribution in [0, 0.1) is 11.3 Å². The summed E-state index contributed by atoms with van der Waals surface area (Å²) in [5.74, 6) is 1.09. The molecule has 3 atom stereocenters. The maximum absolute atomic E-state index is 13.8. The number of nitrogens with zero attached hydrogens (tertiary/aromatic N) is 3. The molecule has 27 heavy (non-hydrogen) atoms. The van der Waals surface area contributed by atoms with Crippen LogP contribution in [-0.4, -0.2) is 32.2 Å². The van der Waals surface area contributed by atoms with E-state index in [2.05, 4.69) is 23.4 Å². The quantitative estimate of drug-likeness (QED) is 0.713. The lowest BCUT2D eigenvalue weighted by molar-refractivity contribution is 0.0785. The molecule has 1 amide bonds. The van der Waals surface area contributed by atoms with Crippen LogP contribution in [0.5, 0.6) is 0 Å². The SMILES string of the molecule is CC1(C)C2CCC3(C2)C1N3C(=O)c1nn(C2CCC2)c2c1CCCCCC2. The van der Waals surface area contributed by atoms with Crippen LogP contribution < -0.4 is 0 Å². The molecule has 3 unspecified atom stereocenters. The average molecular weight is 368 g/mol. The first-order valence-electron chi connectivity index (χ1n) is 11.5. The molecule has 1 spiro atoms. The second-order valence-corrected chi connectivity index (χ2v) is 10.7. The number of piperidine rings is 1. The van der Waals surface area contributed by atoms with Crippen LogP contribution in [0.4, 0.5) is 0 Å². The smallest absolute Gasteiger partial charge is 0.275 e. The molecule has 1 aliphatic heterocycles. The van der Waals surface area contributed by atoms with Crippen molar-refractivity contribution in [3.8, 4) is 0 Å². The van der Waals surface area contributed by atoms with E-state index in [1.54, 1.807) is 0 Å². The highest BCUT2D eigenvalue weighted by atomic mass is 16.2. The number of likely N-dealkylation sites (tertiary alicyclic amines) is 1. The van der Waals surface area contributed by atoms with E-state index in [9.17, 15) is 4.79 Å². The van der Waals surface area contributed by atoms with E-state index in [4.69, 9.17) is 5.10 Å². The van der Waals surface area contributed by atoms with E-state index in [-0.39, 0.29) is 11.4 Å². The third-order valence-corrected chi connectivity index (χ3v) is 9.01. The molecule has 3 saturated carbocycles. The largest absolute Gasteiger partial charge is 0.324 e. The Morgan fingerprint density at radius 2 is 1.81 bits per heavy atom. The molecule has 0 radical (unpaired) electrons. The van der Waals surface area contributed by atoms with Gasteiger partial charge in [0.25, 0.3) is 5.91 Å². The highest BCUT2D eigenvalue weighted by Crippen LogP contribution is 2.72. The van der Waals surface area contributed by atoms with E-state index in [1.165, 1.54) is 75.5 Å². The van der Waals surface area contributed by atoms with Crippen molar-refractivity contribution in [1.82, 2.24) is 14.7 Å². The van der Waals surface area contributed by atoms with Gasteiger partial charge in [-0.15, -0.1) is 0 Å². The Balaban J connectivity index is 1.38. The maximum Gasteiger partial charge on any atom is 0.275 e. The van der Waals surface area contributed by atoms with Crippen molar-refractivity contribution in [3.63, 3.8) is 0 Å². The summed E-state index contributed by atoms with van der Waals surface area (Å²) in [5.41, 5.74) is 4.05. The maximum atomic E-state index is 13.8. The zero-order valence-electron chi connectivity index (χ0n) is 17.0. The second-order valence-electron chi connectivity index (χ2n) is 10.7. The van der Waals surface area contributed by atoms with Crippen LogP contribution in [0.15, 0.2) is 0 Å². The Hall–Kier alpha value is -1.32. The molecular weight excluding hydrogens is 334 g/mol. The third-order valence-electron chi connectivity index (χ3n) is 9.01. The lowest BCUT2D eigenvalue weighted by Crippen LogP contribution is -2.31. The minimum absolute atomic E-state index is 0.194. The van der Waals surface area contributed by atoms with Crippen LogP contribution in [-0.2, 0) is 12.8 Å². The van der Waals surface area contributed by atoms with Crippen molar-refractivity contribution in [3.05, 3.63) is 17.0 Å². The number of fused-ring (bicyclic) bond motifs is 2. The van der Waals surface area contributed by atoms with Gasteiger partial charge in [-0.1, -0.05) is 26.7 Å². The van der Waals surface area contributed by atoms with Crippen LogP contribution in [0.1, 0.15) is 106 Å². The van der Waals surface area contributed by atoms with E-state index >= 15 is 0 Å². The normalized spacial score (nSPS) is 36.6. The van der Waals surface area contributed by atoms with Gasteiger partial charge in [0.1, 0.15) is 0 Å². The van der Waals surface area contributed by atoms with Crippen molar-refractivity contribution < 1.29 is 4.79 Å². The van der Waals surface area contributed by atoms with Crippen molar-refractivity contribution in [2.75, 3.05) is 0 Å². The summed E-state index contributed by atoms with van der Waals surface area (Å²) in [6, 6.07) is 1.02. The molecule has 1 aromatic rings. The Kier molecular flexibility index (Phi) is 3.32. The summed E-state index contributed by atoms with van der Waals surface area (Å²) in [5, 5.41) is 5.04. The highest BCUT2D eigenvalue weighted by Gasteiger charge is 2.79. The topological polar surface area (TPSA) is 37.9 Å². The Bertz CT molecular complexity index is 805. The molecule has 6 rings (SSSR count). The van der Waals surface area contributed by atoms with Gasteiger partial charge in [-0.2, -0.15) is 5.10 Å². The number of carbonyl (C=O) groups is 1. The first kappa shape index (κ1) is 16.6. The summed E-state index contributed by atoms with van der Waals surface area (Å²) in [6.45, 7) is 4.79. The number of carbonyl (C=O) groups excluding carboxylic acids is 1. The van der Waals surface area contributed by atoms with Gasteiger partial charge < -0.3 is 4.90 Å². The summed E-state index contributed by atoms with van der Waals surface area (Å²) in [4.78, 5) is 16.0. The Morgan fingerprint density at radius 1 is 1.04 bits per heavy atom. The molecule has 1 aromatic heterocycles. The van der Waals surface area contributed by atoms with E-state index in [0.717, 1.165) is 24.5 Å². The molecule has 1 saturated heterocycles. The van der Waals surface area contributed by atoms with Crippen molar-refractivity contribution in [2.24, 2.45) is 11.3 Å². The number of rotatable bonds is 2. The standard InChI is InChI=1S/C23H33N3O/c1-22(2)15-12-13-23(14-15)21(22)25(23)20(27)19-17-10-5-3-4-6-11-18(17)26(24-19)16-8-7-9-16/h15-16,21H,3-14H2,1-2H3. The van der Waals surface area contributed by atoms with Gasteiger partial charge in [0.05, 0.1) is 17.6 Å². The zero-order chi connectivity index (χ0) is 18.4. The van der Waals surface area contributed by atoms with Crippen LogP contribution in [0.3, 0.4) is 0 Å². The summed E-state index contributed by atoms with van der Waals surface area (Å²) in [7, 11) is 0. The first-order chi connectivity index (χ1) is 13.0. The van der Waals surface area contributed by atoms with E-state index < -0.39 is 0 Å². The van der Waals surface area contributed by atoms with Gasteiger partial charge in [-0.3, -0.25) is 9.48 Å². The molecule has 0 aromatic carbocycles. The number of hydrogen-bond acceptors (Lipinski definition) is 2. The Labute approximate surface area is 162 Å². The van der Waals surface area contributed by atoms with Crippen LogP contribution >= 0.6 is 0 Å². The minimum atomic E-state index is 0.194. The van der Waals surface area contributed by atoms with Gasteiger partial charge >= 0.3 is 0 Å². The number of amides is 1. The molecule has 2 bridgehead atoms. The predicted molar refractivity (Wildman–Crippen MR) is 105 cm³/mol. The molecule has 4 nitrogen and oxygen atoms in total. The summed E-state index contributed by atoms with van der Waals surface area (Å²) >= 11 is 0. The minimum Gasteiger partial charge on any atom is -0.324 e. The molecule has 146 valence electrons. The lowest BCUT2D eigenvalue weighted by atomic mass is 9.76. The van der Waals surface area contributed by atoms with Crippen LogP contribution in [0.25, 0.3) is 0 Å². The Morgan fingerprint density at radius 3 is 2.48 bits per heavy atom. The van der Waals surface area contributed by atoms with Gasteiger partial charge in [0.2, 0.25) is 0 Å². The molecule has 4 heteroatoms. The molecule has 5 aliphatic rings. The fourth-order valence-corrected chi connectivity index (χ4v) is 7.30. The molecule has 4 fully saturated rings. The number of hydrogen-bond donors (Lipinski definition) is 0. The zero-order valence-corrected chi connectivity index (χ0v) is 17.0. The van der Waals surface area contributed by atoms with Crippen molar-refractivity contribution in [1.29, 1.82) is 0 Å². The average Bonchev–Trinajstić information content (AvgIpc) is 2.79. The summed E-state index contributed by atoms with van der Waals surface area (Å²) < 4.78 is 2.30. The monoisotopic (exact) mass is 367 g/mol. The van der Waals surface area contributed by atoms with E-state index in [0.29, 0.717) is 17.5 Å². The molecule has 2 heterocycles. The molecule has 0 N–H and O–H groups in total. The highest BCUT2D eigenvalue weighted by molar-refractivity contribution is 5.97. The van der Waals surface area contributed by atoms with Crippen LogP contribution in [0.2, 0.25) is 0 Å².